The number of rotatable bonds is 8. The third-order valence-corrected chi connectivity index (χ3v) is 7.50. The SMILES string of the molecule is COCCn1ncc2cncc(-n3c(=O)c4sc(-c5cc(OC)c(F)cc5Cl)cc4n(CCC#N)c3=O)c21. The van der Waals surface area contributed by atoms with E-state index in [0.29, 0.717) is 40.0 Å². The van der Waals surface area contributed by atoms with Crippen molar-refractivity contribution in [3.8, 4) is 27.9 Å². The summed E-state index contributed by atoms with van der Waals surface area (Å²) in [6, 6.07) is 6.26. The first kappa shape index (κ1) is 25.6. The van der Waals surface area contributed by atoms with Gasteiger partial charge < -0.3 is 9.47 Å². The minimum atomic E-state index is -0.626. The van der Waals surface area contributed by atoms with E-state index < -0.39 is 17.1 Å². The van der Waals surface area contributed by atoms with Gasteiger partial charge in [-0.25, -0.2) is 13.8 Å². The molecule has 0 amide bonds. The van der Waals surface area contributed by atoms with E-state index in [9.17, 15) is 19.2 Å². The number of thiophene rings is 1. The quantitative estimate of drug-likeness (QED) is 0.285. The Kier molecular flexibility index (Phi) is 6.98. The van der Waals surface area contributed by atoms with Crippen LogP contribution in [0.25, 0.3) is 37.2 Å². The van der Waals surface area contributed by atoms with Crippen LogP contribution in [0.5, 0.6) is 5.75 Å². The average molecular weight is 555 g/mol. The van der Waals surface area contributed by atoms with Gasteiger partial charge in [0, 0.05) is 35.7 Å². The lowest BCUT2D eigenvalue weighted by atomic mass is 10.1. The van der Waals surface area contributed by atoms with Crippen LogP contribution < -0.4 is 16.0 Å². The van der Waals surface area contributed by atoms with Gasteiger partial charge in [0.15, 0.2) is 11.6 Å². The van der Waals surface area contributed by atoms with Gasteiger partial charge in [0.05, 0.1) is 66.9 Å². The maximum Gasteiger partial charge on any atom is 0.336 e. The summed E-state index contributed by atoms with van der Waals surface area (Å²) < 4.78 is 28.8. The van der Waals surface area contributed by atoms with Gasteiger partial charge in [-0.05, 0) is 18.2 Å². The van der Waals surface area contributed by atoms with Gasteiger partial charge >= 0.3 is 5.69 Å². The fraction of sp³-hybridized carbons (Fsp3) is 0.240. The summed E-state index contributed by atoms with van der Waals surface area (Å²) >= 11 is 7.45. The molecule has 0 bridgehead atoms. The monoisotopic (exact) mass is 554 g/mol. The van der Waals surface area contributed by atoms with E-state index in [1.54, 1.807) is 30.3 Å². The van der Waals surface area contributed by atoms with Gasteiger partial charge in [-0.15, -0.1) is 11.3 Å². The van der Waals surface area contributed by atoms with Crippen molar-refractivity contribution in [1.29, 1.82) is 5.26 Å². The third kappa shape index (κ3) is 4.24. The minimum absolute atomic E-state index is 0.0109. The Hall–Kier alpha value is -4.05. The van der Waals surface area contributed by atoms with E-state index in [2.05, 4.69) is 10.1 Å². The number of halogens is 2. The normalized spacial score (nSPS) is 11.3. The fourth-order valence-electron chi connectivity index (χ4n) is 4.28. The summed E-state index contributed by atoms with van der Waals surface area (Å²) in [5.41, 5.74) is 0.407. The molecule has 0 saturated heterocycles. The number of hydrogen-bond acceptors (Lipinski definition) is 8. The lowest BCUT2D eigenvalue weighted by Crippen LogP contribution is -2.38. The van der Waals surface area contributed by atoms with Crippen molar-refractivity contribution >= 4 is 44.1 Å². The standard InChI is InChI=1S/C25H20ClFN6O4S/c1-36-7-6-32-22-14(12-30-32)11-29-13-19(22)33-24(34)23-18(31(25(33)35)5-3-4-28)10-21(38-23)15-8-20(37-2)17(27)9-16(15)26/h8-13H,3,5-7H2,1-2H3. The van der Waals surface area contributed by atoms with Crippen LogP contribution in [0.2, 0.25) is 5.02 Å². The zero-order chi connectivity index (χ0) is 27.0. The molecule has 0 aliphatic rings. The molecular weight excluding hydrogens is 535 g/mol. The largest absolute Gasteiger partial charge is 0.494 e. The average Bonchev–Trinajstić information content (AvgIpc) is 3.53. The Bertz CT molecular complexity index is 1850. The highest BCUT2D eigenvalue weighted by Crippen LogP contribution is 2.39. The molecule has 5 rings (SSSR count). The van der Waals surface area contributed by atoms with Gasteiger partial charge in [-0.2, -0.15) is 10.4 Å². The fourth-order valence-corrected chi connectivity index (χ4v) is 5.71. The maximum atomic E-state index is 14.2. The summed E-state index contributed by atoms with van der Waals surface area (Å²) in [5, 5.41) is 14.4. The molecule has 0 N–H and O–H groups in total. The van der Waals surface area contributed by atoms with Crippen molar-refractivity contribution in [2.75, 3.05) is 20.8 Å². The molecule has 10 nitrogen and oxygen atoms in total. The number of aryl methyl sites for hydroxylation is 1. The number of pyridine rings is 1. The number of nitrogens with zero attached hydrogens (tertiary/aromatic N) is 6. The Morgan fingerprint density at radius 1 is 1.16 bits per heavy atom. The molecule has 0 fully saturated rings. The zero-order valence-corrected chi connectivity index (χ0v) is 21.8. The molecule has 1 aromatic carbocycles. The van der Waals surface area contributed by atoms with Gasteiger partial charge in [0.25, 0.3) is 5.56 Å². The highest BCUT2D eigenvalue weighted by molar-refractivity contribution is 7.22. The van der Waals surface area contributed by atoms with Gasteiger partial charge in [0.1, 0.15) is 4.70 Å². The van der Waals surface area contributed by atoms with E-state index in [4.69, 9.17) is 21.1 Å². The van der Waals surface area contributed by atoms with E-state index in [-0.39, 0.29) is 34.1 Å². The number of hydrogen-bond donors (Lipinski definition) is 0. The van der Waals surface area contributed by atoms with Crippen molar-refractivity contribution in [1.82, 2.24) is 23.9 Å². The molecule has 0 aliphatic carbocycles. The van der Waals surface area contributed by atoms with Crippen LogP contribution in [0.3, 0.4) is 0 Å². The molecule has 38 heavy (non-hydrogen) atoms. The van der Waals surface area contributed by atoms with Crippen molar-refractivity contribution in [3.05, 3.63) is 68.5 Å². The number of fused-ring (bicyclic) bond motifs is 2. The zero-order valence-electron chi connectivity index (χ0n) is 20.3. The summed E-state index contributed by atoms with van der Waals surface area (Å²) in [6.45, 7) is 0.814. The Labute approximate surface area is 223 Å². The second-order valence-corrected chi connectivity index (χ2v) is 9.69. The number of benzene rings is 1. The number of ether oxygens (including phenoxy) is 2. The van der Waals surface area contributed by atoms with Crippen LogP contribution in [-0.2, 0) is 17.8 Å². The topological polar surface area (TPSA) is 117 Å². The molecular formula is C25H20ClFN6O4S. The molecule has 194 valence electrons. The second kappa shape index (κ2) is 10.4. The van der Waals surface area contributed by atoms with Gasteiger partial charge in [-0.1, -0.05) is 11.6 Å². The van der Waals surface area contributed by atoms with Crippen LogP contribution in [0.4, 0.5) is 4.39 Å². The molecule has 0 unspecified atom stereocenters. The van der Waals surface area contributed by atoms with Crippen molar-refractivity contribution in [2.45, 2.75) is 19.5 Å². The first-order valence-corrected chi connectivity index (χ1v) is 12.6. The Morgan fingerprint density at radius 3 is 2.71 bits per heavy atom. The lowest BCUT2D eigenvalue weighted by molar-refractivity contribution is 0.185. The molecule has 4 heterocycles. The van der Waals surface area contributed by atoms with Crippen LogP contribution in [0, 0.1) is 17.1 Å². The van der Waals surface area contributed by atoms with E-state index in [0.717, 1.165) is 22.0 Å². The maximum absolute atomic E-state index is 14.2. The van der Waals surface area contributed by atoms with E-state index >= 15 is 0 Å². The minimum Gasteiger partial charge on any atom is -0.494 e. The smallest absolute Gasteiger partial charge is 0.336 e. The molecule has 0 radical (unpaired) electrons. The van der Waals surface area contributed by atoms with Crippen LogP contribution in [-0.4, -0.2) is 44.7 Å². The summed E-state index contributed by atoms with van der Waals surface area (Å²) in [7, 11) is 2.91. The van der Waals surface area contributed by atoms with Crippen LogP contribution in [0.15, 0.2) is 46.4 Å². The summed E-state index contributed by atoms with van der Waals surface area (Å²) in [6.07, 6.45) is 4.68. The first-order chi connectivity index (χ1) is 18.4. The molecule has 0 aliphatic heterocycles. The highest BCUT2D eigenvalue weighted by atomic mass is 35.5. The van der Waals surface area contributed by atoms with Crippen LogP contribution >= 0.6 is 22.9 Å². The van der Waals surface area contributed by atoms with Crippen molar-refractivity contribution < 1.29 is 13.9 Å². The highest BCUT2D eigenvalue weighted by Gasteiger charge is 2.22. The van der Waals surface area contributed by atoms with Crippen molar-refractivity contribution in [2.24, 2.45) is 0 Å². The number of methoxy groups -OCH3 is 2. The molecule has 5 aromatic rings. The second-order valence-electron chi connectivity index (χ2n) is 8.23. The van der Waals surface area contributed by atoms with E-state index in [1.807, 2.05) is 6.07 Å². The summed E-state index contributed by atoms with van der Waals surface area (Å²) in [5.74, 6) is -0.635. The number of aromatic nitrogens is 5. The molecule has 0 spiro atoms. The lowest BCUT2D eigenvalue weighted by Gasteiger charge is -2.13. The number of nitriles is 1. The van der Waals surface area contributed by atoms with Crippen molar-refractivity contribution in [3.63, 3.8) is 0 Å². The molecule has 13 heteroatoms. The molecule has 4 aromatic heterocycles. The predicted octanol–water partition coefficient (Wildman–Crippen LogP) is 3.99. The Balaban J connectivity index is 1.82. The third-order valence-electron chi connectivity index (χ3n) is 6.05. The van der Waals surface area contributed by atoms with E-state index in [1.165, 1.54) is 23.9 Å². The Morgan fingerprint density at radius 2 is 1.97 bits per heavy atom. The summed E-state index contributed by atoms with van der Waals surface area (Å²) in [4.78, 5) is 32.4. The van der Waals surface area contributed by atoms with Gasteiger partial charge in [0.2, 0.25) is 0 Å². The van der Waals surface area contributed by atoms with Crippen LogP contribution in [0.1, 0.15) is 6.42 Å². The predicted molar refractivity (Wildman–Crippen MR) is 142 cm³/mol. The molecule has 0 atom stereocenters. The molecule has 0 saturated carbocycles. The first-order valence-electron chi connectivity index (χ1n) is 11.4. The van der Waals surface area contributed by atoms with Gasteiger partial charge in [-0.3, -0.25) is 19.0 Å².